The zero-order chi connectivity index (χ0) is 33.9. The number of hydrogen-bond acceptors (Lipinski definition) is 5. The SMILES string of the molecule is Cc1nc2ccccc2n1C1C[C@H]2CC[C@@H](C1)N2CCC1(c2cccc(F)c2)CCN(C(=O)c2cc(S(=O)(=O)NC3CC3)ccc2Cl)CC1. The molecular formula is C38H43ClFN5O3S. The maximum absolute atomic E-state index is 14.7. The molecule has 258 valence electrons. The number of nitrogens with one attached hydrogen (secondary N) is 1. The Balaban J connectivity index is 0.985. The van der Waals surface area contributed by atoms with Gasteiger partial charge >= 0.3 is 0 Å². The second-order valence-electron chi connectivity index (χ2n) is 14.6. The summed E-state index contributed by atoms with van der Waals surface area (Å²) < 4.78 is 45.6. The Morgan fingerprint density at radius 2 is 1.69 bits per heavy atom. The third-order valence-electron chi connectivity index (χ3n) is 11.7. The van der Waals surface area contributed by atoms with Crippen molar-refractivity contribution in [2.24, 2.45) is 0 Å². The summed E-state index contributed by atoms with van der Waals surface area (Å²) in [5.41, 5.74) is 3.17. The number of rotatable bonds is 9. The van der Waals surface area contributed by atoms with Gasteiger partial charge in [0.15, 0.2) is 0 Å². The lowest BCUT2D eigenvalue weighted by molar-refractivity contribution is 0.0606. The summed E-state index contributed by atoms with van der Waals surface area (Å²) in [7, 11) is -3.73. The summed E-state index contributed by atoms with van der Waals surface area (Å²) in [6.07, 6.45) is 8.47. The van der Waals surface area contributed by atoms with Crippen LogP contribution < -0.4 is 4.72 Å². The van der Waals surface area contributed by atoms with Gasteiger partial charge in [0.25, 0.3) is 5.91 Å². The number of aryl methyl sites for hydroxylation is 1. The molecule has 3 saturated heterocycles. The Morgan fingerprint density at radius 3 is 2.41 bits per heavy atom. The normalized spacial score (nSPS) is 24.1. The molecule has 0 spiro atoms. The minimum absolute atomic E-state index is 0.0411. The van der Waals surface area contributed by atoms with Crippen LogP contribution in [0.5, 0.6) is 0 Å². The summed E-state index contributed by atoms with van der Waals surface area (Å²) >= 11 is 6.48. The average molecular weight is 704 g/mol. The van der Waals surface area contributed by atoms with Crippen molar-refractivity contribution >= 4 is 38.6 Å². The van der Waals surface area contributed by atoms with Gasteiger partial charge < -0.3 is 9.47 Å². The number of halogens is 2. The molecule has 1 unspecified atom stereocenters. The van der Waals surface area contributed by atoms with Gasteiger partial charge in [-0.25, -0.2) is 22.5 Å². The number of aromatic nitrogens is 2. The Morgan fingerprint density at radius 1 is 0.959 bits per heavy atom. The van der Waals surface area contributed by atoms with Crippen molar-refractivity contribution in [1.82, 2.24) is 24.1 Å². The predicted octanol–water partition coefficient (Wildman–Crippen LogP) is 7.01. The number of sulfonamides is 1. The first-order chi connectivity index (χ1) is 23.6. The number of likely N-dealkylation sites (tertiary alicyclic amines) is 1. The lowest BCUT2D eigenvalue weighted by Gasteiger charge is -2.45. The van der Waals surface area contributed by atoms with E-state index in [-0.39, 0.29) is 38.7 Å². The van der Waals surface area contributed by atoms with Crippen LogP contribution in [0.25, 0.3) is 11.0 Å². The van der Waals surface area contributed by atoms with Crippen LogP contribution in [0.3, 0.4) is 0 Å². The molecule has 1 N–H and O–H groups in total. The molecule has 1 amide bonds. The minimum atomic E-state index is -3.73. The van der Waals surface area contributed by atoms with Crippen molar-refractivity contribution in [3.63, 3.8) is 0 Å². The molecule has 4 fully saturated rings. The molecule has 8 nitrogen and oxygen atoms in total. The number of piperidine rings is 2. The van der Waals surface area contributed by atoms with E-state index in [2.05, 4.69) is 39.3 Å². The maximum Gasteiger partial charge on any atom is 0.255 e. The van der Waals surface area contributed by atoms with Gasteiger partial charge in [0.2, 0.25) is 10.0 Å². The molecule has 4 heterocycles. The molecule has 1 saturated carbocycles. The molecule has 3 atom stereocenters. The van der Waals surface area contributed by atoms with E-state index in [1.165, 1.54) is 42.6 Å². The minimum Gasteiger partial charge on any atom is -0.339 e. The van der Waals surface area contributed by atoms with Gasteiger partial charge in [-0.05, 0) is 125 Å². The van der Waals surface area contributed by atoms with E-state index in [4.69, 9.17) is 16.6 Å². The van der Waals surface area contributed by atoms with E-state index in [0.717, 1.165) is 55.6 Å². The number of fused-ring (bicyclic) bond motifs is 3. The number of carbonyl (C=O) groups is 1. The van der Waals surface area contributed by atoms with Crippen molar-refractivity contribution < 1.29 is 17.6 Å². The van der Waals surface area contributed by atoms with Gasteiger partial charge in [-0.3, -0.25) is 9.69 Å². The van der Waals surface area contributed by atoms with Gasteiger partial charge in [-0.15, -0.1) is 0 Å². The van der Waals surface area contributed by atoms with E-state index in [1.54, 1.807) is 17.0 Å². The van der Waals surface area contributed by atoms with Crippen molar-refractivity contribution in [2.45, 2.75) is 99.2 Å². The standard InChI is InChI=1S/C38H43ClFN5O3S/c1-25-41-35-7-2-3-8-36(35)45(25)31-22-29-11-12-30(23-31)44(29)20-17-38(26-5-4-6-27(40)21-26)15-18-43(19-16-38)37(46)33-24-32(13-14-34(33)39)49(47,48)42-28-9-10-28/h2-8,13-14,21,24,28-31,42H,9-12,15-20,22-23H2,1H3/t29-,30+,31?. The number of para-hydroxylation sites is 2. The molecule has 1 aliphatic carbocycles. The van der Waals surface area contributed by atoms with Crippen LogP contribution in [0.2, 0.25) is 5.02 Å². The summed E-state index contributed by atoms with van der Waals surface area (Å²) in [5, 5.41) is 0.232. The van der Waals surface area contributed by atoms with E-state index in [9.17, 15) is 17.6 Å². The van der Waals surface area contributed by atoms with E-state index >= 15 is 0 Å². The lowest BCUT2D eigenvalue weighted by atomic mass is 9.70. The molecule has 4 aliphatic rings. The average Bonchev–Trinajstić information content (AvgIpc) is 3.78. The topological polar surface area (TPSA) is 87.5 Å². The van der Waals surface area contributed by atoms with Crippen LogP contribution >= 0.6 is 11.6 Å². The molecule has 0 radical (unpaired) electrons. The molecule has 49 heavy (non-hydrogen) atoms. The van der Waals surface area contributed by atoms with Gasteiger partial charge in [-0.2, -0.15) is 0 Å². The molecule has 1 aromatic heterocycles. The molecule has 11 heteroatoms. The molecule has 2 bridgehead atoms. The van der Waals surface area contributed by atoms with Crippen LogP contribution in [0, 0.1) is 12.7 Å². The summed E-state index contributed by atoms with van der Waals surface area (Å²) in [4.78, 5) is 23.2. The fourth-order valence-electron chi connectivity index (χ4n) is 8.92. The maximum atomic E-state index is 14.7. The third kappa shape index (κ3) is 6.30. The highest BCUT2D eigenvalue weighted by Crippen LogP contribution is 2.45. The van der Waals surface area contributed by atoms with Crippen molar-refractivity contribution in [3.8, 4) is 0 Å². The second-order valence-corrected chi connectivity index (χ2v) is 16.8. The van der Waals surface area contributed by atoms with Crippen molar-refractivity contribution in [1.29, 1.82) is 0 Å². The van der Waals surface area contributed by atoms with Crippen LogP contribution in [0.1, 0.15) is 85.6 Å². The fraction of sp³-hybridized carbons (Fsp3) is 0.474. The first-order valence-electron chi connectivity index (χ1n) is 17.7. The highest BCUT2D eigenvalue weighted by Gasteiger charge is 2.44. The zero-order valence-electron chi connectivity index (χ0n) is 27.8. The van der Waals surface area contributed by atoms with E-state index in [0.29, 0.717) is 44.1 Å². The predicted molar refractivity (Wildman–Crippen MR) is 189 cm³/mol. The lowest BCUT2D eigenvalue weighted by Crippen LogP contribution is -2.49. The van der Waals surface area contributed by atoms with Crippen molar-refractivity contribution in [3.05, 3.63) is 94.5 Å². The Bertz CT molecular complexity index is 1990. The van der Waals surface area contributed by atoms with E-state index < -0.39 is 10.0 Å². The van der Waals surface area contributed by atoms with Crippen molar-refractivity contribution in [2.75, 3.05) is 19.6 Å². The van der Waals surface area contributed by atoms with Gasteiger partial charge in [-0.1, -0.05) is 35.9 Å². The summed E-state index contributed by atoms with van der Waals surface area (Å²) in [6, 6.07) is 21.1. The summed E-state index contributed by atoms with van der Waals surface area (Å²) in [6.45, 7) is 4.00. The Kier molecular flexibility index (Phi) is 8.57. The molecular weight excluding hydrogens is 661 g/mol. The summed E-state index contributed by atoms with van der Waals surface area (Å²) in [5.74, 6) is 0.558. The first kappa shape index (κ1) is 32.9. The van der Waals surface area contributed by atoms with Crippen LogP contribution in [0.4, 0.5) is 4.39 Å². The second kappa shape index (κ2) is 12.8. The number of hydrogen-bond donors (Lipinski definition) is 1. The number of benzene rings is 3. The molecule has 4 aromatic rings. The number of imidazole rings is 1. The number of nitrogens with zero attached hydrogens (tertiary/aromatic N) is 4. The first-order valence-corrected chi connectivity index (χ1v) is 19.5. The van der Waals surface area contributed by atoms with Crippen LogP contribution in [-0.2, 0) is 15.4 Å². The highest BCUT2D eigenvalue weighted by molar-refractivity contribution is 7.89. The molecule has 8 rings (SSSR count). The van der Waals surface area contributed by atoms with Crippen LogP contribution in [0.15, 0.2) is 71.6 Å². The van der Waals surface area contributed by atoms with E-state index in [1.807, 2.05) is 12.1 Å². The Hall–Kier alpha value is -3.31. The molecule has 3 aliphatic heterocycles. The van der Waals surface area contributed by atoms with Gasteiger partial charge in [0.1, 0.15) is 11.6 Å². The molecule has 3 aromatic carbocycles. The third-order valence-corrected chi connectivity index (χ3v) is 13.5. The monoisotopic (exact) mass is 703 g/mol. The Labute approximate surface area is 292 Å². The van der Waals surface area contributed by atoms with Gasteiger partial charge in [0, 0.05) is 37.3 Å². The van der Waals surface area contributed by atoms with Gasteiger partial charge in [0.05, 0.1) is 26.5 Å². The number of carbonyl (C=O) groups excluding carboxylic acids is 1. The quantitative estimate of drug-likeness (QED) is 0.203. The highest BCUT2D eigenvalue weighted by atomic mass is 35.5. The zero-order valence-corrected chi connectivity index (χ0v) is 29.4. The fourth-order valence-corrected chi connectivity index (χ4v) is 10.5. The smallest absolute Gasteiger partial charge is 0.255 e. The van der Waals surface area contributed by atoms with Crippen LogP contribution in [-0.4, -0.2) is 71.4 Å². The largest absolute Gasteiger partial charge is 0.339 e. The number of amides is 1.